The molecule has 6 nitrogen and oxygen atoms in total. The van der Waals surface area contributed by atoms with Crippen molar-refractivity contribution in [2.75, 3.05) is 23.4 Å². The lowest BCUT2D eigenvalue weighted by atomic mass is 10.2. The first-order valence-corrected chi connectivity index (χ1v) is 9.79. The lowest BCUT2D eigenvalue weighted by Gasteiger charge is -2.04. The van der Waals surface area contributed by atoms with Gasteiger partial charge in [0.25, 0.3) is 0 Å². The van der Waals surface area contributed by atoms with E-state index in [1.807, 2.05) is 75.2 Å². The fourth-order valence-electron chi connectivity index (χ4n) is 2.31. The minimum atomic E-state index is -0.267. The van der Waals surface area contributed by atoms with Gasteiger partial charge in [-0.15, -0.1) is 0 Å². The molecule has 0 radical (unpaired) electrons. The molecule has 0 aromatic heterocycles. The largest absolute Gasteiger partial charge is 0.397 e. The number of carbonyl (C=O) groups excluding carboxylic acids is 3. The number of amides is 1. The quantitative estimate of drug-likeness (QED) is 0.315. The maximum absolute atomic E-state index is 11.7. The van der Waals surface area contributed by atoms with Gasteiger partial charge in [-0.25, -0.2) is 0 Å². The molecule has 0 fully saturated rings. The highest BCUT2D eigenvalue weighted by molar-refractivity contribution is 6.01. The van der Waals surface area contributed by atoms with Crippen LogP contribution in [0.4, 0.5) is 17.1 Å². The first-order chi connectivity index (χ1) is 16.1. The molecule has 0 unspecified atom stereocenters. The Balaban J connectivity index is 0.000000776. The highest BCUT2D eigenvalue weighted by Gasteiger charge is 1.99. The summed E-state index contributed by atoms with van der Waals surface area (Å²) in [6, 6.07) is 25.1. The van der Waals surface area contributed by atoms with Crippen molar-refractivity contribution < 1.29 is 14.4 Å². The molecule has 0 saturated carbocycles. The molecule has 33 heavy (non-hydrogen) atoms. The Labute approximate surface area is 195 Å². The first kappa shape index (κ1) is 28.4. The Hall–Kier alpha value is -4.63. The van der Waals surface area contributed by atoms with Crippen LogP contribution >= 0.6 is 0 Å². The predicted octanol–water partition coefficient (Wildman–Crippen LogP) is 4.48. The van der Waals surface area contributed by atoms with Crippen LogP contribution in [0.15, 0.2) is 91.0 Å². The zero-order valence-corrected chi connectivity index (χ0v) is 18.9. The summed E-state index contributed by atoms with van der Waals surface area (Å²) in [6.07, 6.45) is 2.89. The molecular formula is C27H29N3O3. The lowest BCUT2D eigenvalue weighted by molar-refractivity contribution is -0.112. The highest BCUT2D eigenvalue weighted by atomic mass is 16.1. The maximum atomic E-state index is 11.7. The summed E-state index contributed by atoms with van der Waals surface area (Å²) < 4.78 is 0. The summed E-state index contributed by atoms with van der Waals surface area (Å²) in [6.45, 7) is 6.08. The smallest absolute Gasteiger partial charge is 0.249 e. The van der Waals surface area contributed by atoms with Gasteiger partial charge < -0.3 is 26.0 Å². The molecular weight excluding hydrogens is 414 g/mol. The normalized spacial score (nSPS) is 8.67. The zero-order chi connectivity index (χ0) is 24.9. The number of carbonyl (C=O) groups is 3. The second-order valence-electron chi connectivity index (χ2n) is 6.16. The van der Waals surface area contributed by atoms with Crippen molar-refractivity contribution in [3.05, 3.63) is 102 Å². The number of aryl methyl sites for hydroxylation is 1. The molecule has 0 aliphatic rings. The molecule has 0 bridgehead atoms. The fourth-order valence-corrected chi connectivity index (χ4v) is 2.31. The van der Waals surface area contributed by atoms with Crippen LogP contribution in [0.2, 0.25) is 0 Å². The van der Waals surface area contributed by atoms with Gasteiger partial charge in [-0.3, -0.25) is 4.79 Å². The molecule has 0 saturated heterocycles. The third-order valence-electron chi connectivity index (χ3n) is 3.84. The number of hydrogen-bond acceptors (Lipinski definition) is 5. The minimum absolute atomic E-state index is 0.267. The van der Waals surface area contributed by atoms with Crippen molar-refractivity contribution in [2.24, 2.45) is 0 Å². The highest BCUT2D eigenvalue weighted by Crippen LogP contribution is 2.16. The van der Waals surface area contributed by atoms with E-state index in [1.165, 1.54) is 17.7 Å². The summed E-state index contributed by atoms with van der Waals surface area (Å²) in [4.78, 5) is 27.7. The van der Waals surface area contributed by atoms with Gasteiger partial charge in [0.05, 0.1) is 11.4 Å². The number of nitrogens with one attached hydrogen (secondary N) is 2. The topological polar surface area (TPSA) is 101 Å². The molecule has 3 aromatic carbocycles. The van der Waals surface area contributed by atoms with Crippen molar-refractivity contribution in [3.8, 4) is 11.8 Å². The Morgan fingerprint density at radius 3 is 2.12 bits per heavy atom. The van der Waals surface area contributed by atoms with Crippen molar-refractivity contribution in [2.45, 2.75) is 6.92 Å². The van der Waals surface area contributed by atoms with E-state index in [1.54, 1.807) is 12.1 Å². The van der Waals surface area contributed by atoms with Crippen LogP contribution in [-0.4, -0.2) is 26.5 Å². The summed E-state index contributed by atoms with van der Waals surface area (Å²) >= 11 is 0. The molecule has 1 amide bonds. The van der Waals surface area contributed by atoms with Gasteiger partial charge in [-0.05, 0) is 43.3 Å². The van der Waals surface area contributed by atoms with E-state index in [2.05, 4.69) is 41.5 Å². The molecule has 0 aliphatic carbocycles. The number of rotatable bonds is 3. The Kier molecular flexibility index (Phi) is 15.6. The molecule has 170 valence electrons. The Bertz CT molecular complexity index is 1050. The van der Waals surface area contributed by atoms with E-state index >= 15 is 0 Å². The number of nitrogens with two attached hydrogens (primary N) is 1. The number of para-hydroxylation sites is 2. The molecule has 6 heteroatoms. The van der Waals surface area contributed by atoms with Crippen LogP contribution < -0.4 is 16.4 Å². The van der Waals surface area contributed by atoms with Crippen LogP contribution in [-0.2, 0) is 14.4 Å². The van der Waals surface area contributed by atoms with E-state index in [9.17, 15) is 4.79 Å². The van der Waals surface area contributed by atoms with Gasteiger partial charge in [-0.1, -0.05) is 65.9 Å². The van der Waals surface area contributed by atoms with Gasteiger partial charge in [0.1, 0.15) is 13.6 Å². The molecule has 3 rings (SSSR count). The maximum Gasteiger partial charge on any atom is 0.249 e. The number of allylic oxidation sites excluding steroid dienone is 1. The van der Waals surface area contributed by atoms with Gasteiger partial charge in [0.15, 0.2) is 0 Å². The molecule has 0 aliphatic heterocycles. The second kappa shape index (κ2) is 18.2. The Morgan fingerprint density at radius 1 is 0.909 bits per heavy atom. The monoisotopic (exact) mass is 443 g/mol. The van der Waals surface area contributed by atoms with Crippen molar-refractivity contribution in [1.29, 1.82) is 0 Å². The molecule has 4 N–H and O–H groups in total. The van der Waals surface area contributed by atoms with E-state index in [-0.39, 0.29) is 5.91 Å². The zero-order valence-electron chi connectivity index (χ0n) is 18.9. The van der Waals surface area contributed by atoms with Crippen LogP contribution in [0, 0.1) is 18.8 Å². The standard InChI is InChI=1S/C18H17N3O.C7H8.2CH2O/c1-20-15-9-6-8-14(13-15)7-2-5-12-18(22)21-17-11-4-3-10-16(17)19;1-7-5-3-2-4-6-7;2*1-2/h3-6,8-13,20H,19H2,1H3,(H,21,22);2-6H,1H3;2*1H2/b12-5+;;;. The summed E-state index contributed by atoms with van der Waals surface area (Å²) in [5.41, 5.74) is 10.1. The summed E-state index contributed by atoms with van der Waals surface area (Å²) in [7, 11) is 1.85. The van der Waals surface area contributed by atoms with Crippen LogP contribution in [0.3, 0.4) is 0 Å². The van der Waals surface area contributed by atoms with Crippen LogP contribution in [0.5, 0.6) is 0 Å². The van der Waals surface area contributed by atoms with E-state index in [0.29, 0.717) is 11.4 Å². The molecule has 0 spiro atoms. The predicted molar refractivity (Wildman–Crippen MR) is 137 cm³/mol. The number of hydrogen-bond donors (Lipinski definition) is 3. The van der Waals surface area contributed by atoms with Crippen LogP contribution in [0.1, 0.15) is 11.1 Å². The Morgan fingerprint density at radius 2 is 1.55 bits per heavy atom. The SMILES string of the molecule is C=O.C=O.CNc1cccc(C#C/C=C/C(=O)Nc2ccccc2N)c1.Cc1ccccc1. The van der Waals surface area contributed by atoms with E-state index < -0.39 is 0 Å². The van der Waals surface area contributed by atoms with Gasteiger partial charge >= 0.3 is 0 Å². The van der Waals surface area contributed by atoms with Gasteiger partial charge in [0.2, 0.25) is 5.91 Å². The van der Waals surface area contributed by atoms with E-state index in [4.69, 9.17) is 15.3 Å². The van der Waals surface area contributed by atoms with Crippen LogP contribution in [0.25, 0.3) is 0 Å². The third-order valence-corrected chi connectivity index (χ3v) is 3.84. The summed E-state index contributed by atoms with van der Waals surface area (Å²) in [5.74, 6) is 5.53. The lowest BCUT2D eigenvalue weighted by Crippen LogP contribution is -2.09. The van der Waals surface area contributed by atoms with Gasteiger partial charge in [-0.2, -0.15) is 0 Å². The average Bonchev–Trinajstić information content (AvgIpc) is 2.87. The average molecular weight is 444 g/mol. The third kappa shape index (κ3) is 12.6. The minimum Gasteiger partial charge on any atom is -0.397 e. The molecule has 3 aromatic rings. The van der Waals surface area contributed by atoms with Crippen molar-refractivity contribution in [3.63, 3.8) is 0 Å². The number of benzene rings is 3. The van der Waals surface area contributed by atoms with Gasteiger partial charge in [0, 0.05) is 24.4 Å². The molecule has 0 atom stereocenters. The first-order valence-electron chi connectivity index (χ1n) is 9.79. The fraction of sp³-hybridized carbons (Fsp3) is 0.0741. The van der Waals surface area contributed by atoms with E-state index in [0.717, 1.165) is 11.3 Å². The van der Waals surface area contributed by atoms with Crippen molar-refractivity contribution in [1.82, 2.24) is 0 Å². The number of anilines is 3. The number of nitrogen functional groups attached to an aromatic ring is 1. The van der Waals surface area contributed by atoms with Crippen molar-refractivity contribution >= 4 is 36.5 Å². The summed E-state index contributed by atoms with van der Waals surface area (Å²) in [5, 5.41) is 5.75. The second-order valence-corrected chi connectivity index (χ2v) is 6.16. The molecule has 0 heterocycles.